The molecule has 0 rings (SSSR count). The smallest absolute Gasteiger partial charge is 0.326 e. The van der Waals surface area contributed by atoms with E-state index in [9.17, 15) is 14.4 Å². The normalized spacial score (nSPS) is 10.9. The lowest BCUT2D eigenvalue weighted by atomic mass is 10.2. The van der Waals surface area contributed by atoms with Gasteiger partial charge in [0.05, 0.1) is 20.1 Å². The fourth-order valence-electron chi connectivity index (χ4n) is 1.13. The molecule has 0 aromatic rings. The molecular weight excluding hydrogens is 240 g/mol. The number of amides is 2. The van der Waals surface area contributed by atoms with E-state index >= 15 is 0 Å². The molecule has 0 aromatic carbocycles. The molecule has 0 aliphatic carbocycles. The number of carbonyl (C=O) groups is 3. The summed E-state index contributed by atoms with van der Waals surface area (Å²) in [5.74, 6) is 0.246. The Morgan fingerprint density at radius 3 is 2.50 bits per heavy atom. The molecule has 18 heavy (non-hydrogen) atoms. The number of urea groups is 1. The molecule has 0 fully saturated rings. The Hall–Kier alpha value is -2.23. The maximum absolute atomic E-state index is 11.7. The molecule has 2 N–H and O–H groups in total. The minimum atomic E-state index is -1.34. The Kier molecular flexibility index (Phi) is 6.96. The van der Waals surface area contributed by atoms with Crippen LogP contribution in [0.5, 0.6) is 0 Å². The number of ether oxygens (including phenoxy) is 1. The summed E-state index contributed by atoms with van der Waals surface area (Å²) in [6.45, 7) is 2.10. The van der Waals surface area contributed by atoms with Crippen molar-refractivity contribution >= 4 is 18.0 Å². The molecule has 0 bridgehead atoms. The number of hydrogen-bond donors (Lipinski definition) is 2. The number of methoxy groups -OCH3 is 1. The minimum Gasteiger partial charge on any atom is -0.480 e. The maximum Gasteiger partial charge on any atom is 0.326 e. The molecule has 100 valence electrons. The molecule has 0 saturated heterocycles. The first kappa shape index (κ1) is 15.8. The Labute approximate surface area is 105 Å². The number of nitrogens with zero attached hydrogens (tertiary/aromatic N) is 1. The van der Waals surface area contributed by atoms with Crippen molar-refractivity contribution in [3.05, 3.63) is 0 Å². The van der Waals surface area contributed by atoms with Crippen LogP contribution in [0, 0.1) is 12.3 Å². The van der Waals surface area contributed by atoms with Crippen LogP contribution in [0.3, 0.4) is 0 Å². The van der Waals surface area contributed by atoms with E-state index in [1.807, 2.05) is 0 Å². The van der Waals surface area contributed by atoms with Crippen LogP contribution in [-0.2, 0) is 14.3 Å². The lowest BCUT2D eigenvalue weighted by Crippen LogP contribution is -2.48. The van der Waals surface area contributed by atoms with Crippen molar-refractivity contribution < 1.29 is 24.2 Å². The number of carbonyl (C=O) groups excluding carboxylic acids is 2. The molecule has 0 spiro atoms. The average Bonchev–Trinajstić information content (AvgIpc) is 2.34. The maximum atomic E-state index is 11.7. The predicted octanol–water partition coefficient (Wildman–Crippen LogP) is -0.333. The van der Waals surface area contributed by atoms with Gasteiger partial charge in [0.25, 0.3) is 0 Å². The van der Waals surface area contributed by atoms with Gasteiger partial charge in [-0.25, -0.2) is 9.59 Å². The molecule has 0 aliphatic rings. The van der Waals surface area contributed by atoms with Gasteiger partial charge in [-0.1, -0.05) is 5.92 Å². The highest BCUT2D eigenvalue weighted by Gasteiger charge is 2.25. The van der Waals surface area contributed by atoms with Gasteiger partial charge >= 0.3 is 18.0 Å². The van der Waals surface area contributed by atoms with Crippen molar-refractivity contribution in [1.82, 2.24) is 10.2 Å². The molecule has 0 aliphatic heterocycles. The Bertz CT molecular complexity index is 361. The van der Waals surface area contributed by atoms with Gasteiger partial charge in [0.15, 0.2) is 0 Å². The zero-order valence-electron chi connectivity index (χ0n) is 10.3. The molecule has 0 unspecified atom stereocenters. The van der Waals surface area contributed by atoms with E-state index < -0.39 is 30.4 Å². The van der Waals surface area contributed by atoms with E-state index in [1.54, 1.807) is 6.92 Å². The molecule has 2 amide bonds. The Morgan fingerprint density at radius 1 is 1.50 bits per heavy atom. The second-order valence-electron chi connectivity index (χ2n) is 3.34. The zero-order chi connectivity index (χ0) is 14.1. The van der Waals surface area contributed by atoms with Crippen LogP contribution in [0.2, 0.25) is 0 Å². The van der Waals surface area contributed by atoms with Crippen LogP contribution < -0.4 is 5.32 Å². The SMILES string of the molecule is C#CCN(CC)C(=O)N[C@@H](CC(=O)OC)C(=O)O. The van der Waals surface area contributed by atoms with Crippen LogP contribution in [-0.4, -0.2) is 54.2 Å². The topological polar surface area (TPSA) is 95.9 Å². The average molecular weight is 256 g/mol. The van der Waals surface area contributed by atoms with E-state index in [1.165, 1.54) is 4.90 Å². The molecule has 7 nitrogen and oxygen atoms in total. The number of rotatable bonds is 6. The fraction of sp³-hybridized carbons (Fsp3) is 0.545. The summed E-state index contributed by atoms with van der Waals surface area (Å²) in [5.41, 5.74) is 0. The number of esters is 1. The zero-order valence-corrected chi connectivity index (χ0v) is 10.3. The highest BCUT2D eigenvalue weighted by molar-refractivity contribution is 5.86. The van der Waals surface area contributed by atoms with Gasteiger partial charge in [-0.3, -0.25) is 4.79 Å². The van der Waals surface area contributed by atoms with Gasteiger partial charge in [-0.2, -0.15) is 0 Å². The van der Waals surface area contributed by atoms with Gasteiger partial charge in [0.1, 0.15) is 6.04 Å². The number of terminal acetylenes is 1. The summed E-state index contributed by atoms with van der Waals surface area (Å²) < 4.78 is 4.35. The van der Waals surface area contributed by atoms with Crippen molar-refractivity contribution in [3.63, 3.8) is 0 Å². The van der Waals surface area contributed by atoms with E-state index in [-0.39, 0.29) is 6.54 Å². The largest absolute Gasteiger partial charge is 0.480 e. The third-order valence-corrected chi connectivity index (χ3v) is 2.15. The van der Waals surface area contributed by atoms with Crippen LogP contribution in [0.15, 0.2) is 0 Å². The number of carboxylic acid groups (broad SMARTS) is 1. The Morgan fingerprint density at radius 2 is 2.11 bits per heavy atom. The molecule has 0 saturated carbocycles. The van der Waals surface area contributed by atoms with Gasteiger partial charge in [0, 0.05) is 6.54 Å². The van der Waals surface area contributed by atoms with E-state index in [2.05, 4.69) is 16.0 Å². The molecule has 7 heteroatoms. The summed E-state index contributed by atoms with van der Waals surface area (Å²) in [6, 6.07) is -1.97. The van der Waals surface area contributed by atoms with Crippen molar-refractivity contribution in [1.29, 1.82) is 0 Å². The molecular formula is C11H16N2O5. The first-order valence-corrected chi connectivity index (χ1v) is 5.24. The molecule has 0 radical (unpaired) electrons. The van der Waals surface area contributed by atoms with Gasteiger partial charge in [-0.05, 0) is 6.92 Å². The third kappa shape index (κ3) is 5.21. The van der Waals surface area contributed by atoms with Crippen LogP contribution in [0.4, 0.5) is 4.79 Å². The second-order valence-corrected chi connectivity index (χ2v) is 3.34. The number of carboxylic acids is 1. The predicted molar refractivity (Wildman–Crippen MR) is 62.7 cm³/mol. The Balaban J connectivity index is 4.58. The highest BCUT2D eigenvalue weighted by atomic mass is 16.5. The number of hydrogen-bond acceptors (Lipinski definition) is 4. The monoisotopic (exact) mass is 256 g/mol. The molecule has 0 aromatic heterocycles. The van der Waals surface area contributed by atoms with Gasteiger partial charge in [-0.15, -0.1) is 6.42 Å². The highest BCUT2D eigenvalue weighted by Crippen LogP contribution is 1.98. The minimum absolute atomic E-state index is 0.0624. The van der Waals surface area contributed by atoms with Gasteiger partial charge in [0.2, 0.25) is 0 Å². The summed E-state index contributed by atoms with van der Waals surface area (Å²) in [4.78, 5) is 34.8. The van der Waals surface area contributed by atoms with Crippen LogP contribution in [0.25, 0.3) is 0 Å². The van der Waals surface area contributed by atoms with Gasteiger partial charge < -0.3 is 20.1 Å². The lowest BCUT2D eigenvalue weighted by molar-refractivity contribution is -0.147. The number of aliphatic carboxylic acids is 1. The van der Waals surface area contributed by atoms with E-state index in [4.69, 9.17) is 11.5 Å². The first-order chi connectivity index (χ1) is 8.46. The standard InChI is InChI=1S/C11H16N2O5/c1-4-6-13(5-2)11(17)12-8(10(15)16)7-9(14)18-3/h1,8H,5-7H2,2-3H3,(H,12,17)(H,15,16)/t8-/m0/s1. The summed E-state index contributed by atoms with van der Waals surface area (Å²) in [7, 11) is 1.14. The quantitative estimate of drug-likeness (QED) is 0.501. The van der Waals surface area contributed by atoms with Crippen molar-refractivity contribution in [2.45, 2.75) is 19.4 Å². The fourth-order valence-corrected chi connectivity index (χ4v) is 1.13. The summed E-state index contributed by atoms with van der Waals surface area (Å²) >= 11 is 0. The summed E-state index contributed by atoms with van der Waals surface area (Å²) in [6.07, 6.45) is 4.63. The third-order valence-electron chi connectivity index (χ3n) is 2.15. The molecule has 1 atom stereocenters. The number of nitrogens with one attached hydrogen (secondary N) is 1. The van der Waals surface area contributed by atoms with E-state index in [0.29, 0.717) is 6.54 Å². The first-order valence-electron chi connectivity index (χ1n) is 5.24. The van der Waals surface area contributed by atoms with Crippen molar-refractivity contribution in [3.8, 4) is 12.3 Å². The van der Waals surface area contributed by atoms with Crippen LogP contribution in [0.1, 0.15) is 13.3 Å². The lowest BCUT2D eigenvalue weighted by Gasteiger charge is -2.21. The summed E-state index contributed by atoms with van der Waals surface area (Å²) in [5, 5.41) is 11.1. The second kappa shape index (κ2) is 7.95. The van der Waals surface area contributed by atoms with E-state index in [0.717, 1.165) is 7.11 Å². The van der Waals surface area contributed by atoms with Crippen molar-refractivity contribution in [2.24, 2.45) is 0 Å². The van der Waals surface area contributed by atoms with Crippen LogP contribution >= 0.6 is 0 Å². The van der Waals surface area contributed by atoms with Crippen molar-refractivity contribution in [2.75, 3.05) is 20.2 Å². The molecule has 0 heterocycles.